The van der Waals surface area contributed by atoms with Crippen LogP contribution >= 0.6 is 45.8 Å². The Bertz CT molecular complexity index is 968. The standard InChI is InChI=1S/C19H15Cl2IN4O/c20-16-11-23-19(21)26-18(16)25-14-5-1-3-12(9-14)7-8-17(27)24-15-6-2-4-13(22)10-15/h1-6,9-11H,7-8H2,(H,24,27)(H,23,25,26). The van der Waals surface area contributed by atoms with Gasteiger partial charge in [0.05, 0.1) is 6.20 Å². The van der Waals surface area contributed by atoms with Crippen molar-refractivity contribution < 1.29 is 4.79 Å². The Morgan fingerprint density at radius 1 is 1.07 bits per heavy atom. The Morgan fingerprint density at radius 2 is 1.85 bits per heavy atom. The van der Waals surface area contributed by atoms with E-state index in [0.29, 0.717) is 23.7 Å². The SMILES string of the molecule is O=C(CCc1cccc(Nc2nc(Cl)ncc2Cl)c1)Nc1cccc(I)c1. The van der Waals surface area contributed by atoms with Gasteiger partial charge in [-0.25, -0.2) is 4.98 Å². The number of aryl methyl sites for hydroxylation is 1. The van der Waals surface area contributed by atoms with E-state index in [0.717, 1.165) is 20.5 Å². The molecule has 1 amide bonds. The number of nitrogens with zero attached hydrogens (tertiary/aromatic N) is 2. The number of hydrogen-bond donors (Lipinski definition) is 2. The zero-order chi connectivity index (χ0) is 19.2. The predicted molar refractivity (Wildman–Crippen MR) is 118 cm³/mol. The predicted octanol–water partition coefficient (Wildman–Crippen LogP) is 5.70. The van der Waals surface area contributed by atoms with Gasteiger partial charge >= 0.3 is 0 Å². The molecule has 0 saturated heterocycles. The first-order valence-corrected chi connectivity index (χ1v) is 9.92. The number of halogens is 3. The molecule has 0 radical (unpaired) electrons. The van der Waals surface area contributed by atoms with E-state index in [9.17, 15) is 4.79 Å². The lowest BCUT2D eigenvalue weighted by molar-refractivity contribution is -0.116. The minimum Gasteiger partial charge on any atom is -0.339 e. The smallest absolute Gasteiger partial charge is 0.224 e. The average molecular weight is 513 g/mol. The second-order valence-corrected chi connectivity index (χ2v) is 7.71. The van der Waals surface area contributed by atoms with Crippen LogP contribution in [0, 0.1) is 3.57 Å². The average Bonchev–Trinajstić information content (AvgIpc) is 2.63. The van der Waals surface area contributed by atoms with Gasteiger partial charge in [0.25, 0.3) is 0 Å². The first kappa shape index (κ1) is 19.9. The highest BCUT2D eigenvalue weighted by Crippen LogP contribution is 2.24. The van der Waals surface area contributed by atoms with Crippen LogP contribution in [0.25, 0.3) is 0 Å². The van der Waals surface area contributed by atoms with Crippen LogP contribution in [0.5, 0.6) is 0 Å². The van der Waals surface area contributed by atoms with Gasteiger partial charge in [-0.05, 0) is 76.5 Å². The van der Waals surface area contributed by atoms with Crippen molar-refractivity contribution in [3.63, 3.8) is 0 Å². The Labute approximate surface area is 180 Å². The number of nitrogens with one attached hydrogen (secondary N) is 2. The molecular weight excluding hydrogens is 498 g/mol. The first-order chi connectivity index (χ1) is 13.0. The van der Waals surface area contributed by atoms with Crippen molar-refractivity contribution in [2.24, 2.45) is 0 Å². The molecule has 0 aliphatic rings. The molecule has 3 aromatic rings. The maximum atomic E-state index is 12.2. The van der Waals surface area contributed by atoms with Crippen molar-refractivity contribution in [1.82, 2.24) is 9.97 Å². The number of hydrogen-bond acceptors (Lipinski definition) is 4. The topological polar surface area (TPSA) is 66.9 Å². The highest BCUT2D eigenvalue weighted by Gasteiger charge is 2.07. The summed E-state index contributed by atoms with van der Waals surface area (Å²) in [5.74, 6) is 0.409. The van der Waals surface area contributed by atoms with E-state index in [4.69, 9.17) is 23.2 Å². The minimum absolute atomic E-state index is 0.0269. The van der Waals surface area contributed by atoms with Crippen molar-refractivity contribution in [1.29, 1.82) is 0 Å². The summed E-state index contributed by atoms with van der Waals surface area (Å²) in [5, 5.41) is 6.52. The fraction of sp³-hybridized carbons (Fsp3) is 0.105. The molecular formula is C19H15Cl2IN4O. The molecule has 1 aromatic heterocycles. The van der Waals surface area contributed by atoms with Gasteiger partial charge in [-0.3, -0.25) is 4.79 Å². The Kier molecular flexibility index (Phi) is 6.87. The maximum Gasteiger partial charge on any atom is 0.224 e. The summed E-state index contributed by atoms with van der Waals surface area (Å²) < 4.78 is 1.08. The molecule has 5 nitrogen and oxygen atoms in total. The summed E-state index contributed by atoms with van der Waals surface area (Å²) in [7, 11) is 0. The fourth-order valence-corrected chi connectivity index (χ4v) is 3.24. The zero-order valence-electron chi connectivity index (χ0n) is 14.0. The lowest BCUT2D eigenvalue weighted by atomic mass is 10.1. The van der Waals surface area contributed by atoms with Crippen LogP contribution in [0.15, 0.2) is 54.7 Å². The second-order valence-electron chi connectivity index (χ2n) is 5.72. The van der Waals surface area contributed by atoms with Gasteiger partial charge in [-0.1, -0.05) is 29.8 Å². The quantitative estimate of drug-likeness (QED) is 0.328. The molecule has 3 rings (SSSR count). The lowest BCUT2D eigenvalue weighted by Crippen LogP contribution is -2.12. The molecule has 27 heavy (non-hydrogen) atoms. The summed E-state index contributed by atoms with van der Waals surface area (Å²) in [6, 6.07) is 15.4. The number of carbonyl (C=O) groups is 1. The van der Waals surface area contributed by atoms with Crippen molar-refractivity contribution in [3.05, 3.63) is 74.2 Å². The molecule has 8 heteroatoms. The van der Waals surface area contributed by atoms with Crippen molar-refractivity contribution in [2.45, 2.75) is 12.8 Å². The van der Waals surface area contributed by atoms with Crippen LogP contribution < -0.4 is 10.6 Å². The summed E-state index contributed by atoms with van der Waals surface area (Å²) in [4.78, 5) is 20.1. The van der Waals surface area contributed by atoms with Crippen LogP contribution in [-0.2, 0) is 11.2 Å². The van der Waals surface area contributed by atoms with E-state index in [2.05, 4.69) is 43.2 Å². The van der Waals surface area contributed by atoms with Crippen LogP contribution in [0.2, 0.25) is 10.3 Å². The van der Waals surface area contributed by atoms with Crippen LogP contribution in [0.3, 0.4) is 0 Å². The fourth-order valence-electron chi connectivity index (χ4n) is 2.42. The van der Waals surface area contributed by atoms with E-state index < -0.39 is 0 Å². The highest BCUT2D eigenvalue weighted by molar-refractivity contribution is 14.1. The summed E-state index contributed by atoms with van der Waals surface area (Å²) in [5.41, 5.74) is 2.63. The highest BCUT2D eigenvalue weighted by atomic mass is 127. The van der Waals surface area contributed by atoms with E-state index in [1.165, 1.54) is 6.20 Å². The third-order valence-corrected chi connectivity index (χ3v) is 4.78. The number of rotatable bonds is 6. The van der Waals surface area contributed by atoms with Gasteiger partial charge in [0.1, 0.15) is 5.02 Å². The first-order valence-electron chi connectivity index (χ1n) is 8.09. The largest absolute Gasteiger partial charge is 0.339 e. The van der Waals surface area contributed by atoms with E-state index in [1.807, 2.05) is 48.5 Å². The van der Waals surface area contributed by atoms with Crippen molar-refractivity contribution in [3.8, 4) is 0 Å². The van der Waals surface area contributed by atoms with E-state index >= 15 is 0 Å². The Hall–Kier alpha value is -1.90. The van der Waals surface area contributed by atoms with Gasteiger partial charge in [0.15, 0.2) is 5.82 Å². The third-order valence-electron chi connectivity index (χ3n) is 3.65. The van der Waals surface area contributed by atoms with Crippen molar-refractivity contribution >= 4 is 68.9 Å². The molecule has 1 heterocycles. The molecule has 0 spiro atoms. The molecule has 0 saturated carbocycles. The van der Waals surface area contributed by atoms with Crippen molar-refractivity contribution in [2.75, 3.05) is 10.6 Å². The zero-order valence-corrected chi connectivity index (χ0v) is 17.7. The molecule has 0 aliphatic heterocycles. The van der Waals surface area contributed by atoms with E-state index in [1.54, 1.807) is 0 Å². The van der Waals surface area contributed by atoms with Gasteiger partial charge in [-0.2, -0.15) is 4.98 Å². The van der Waals surface area contributed by atoms with E-state index in [-0.39, 0.29) is 11.2 Å². The van der Waals surface area contributed by atoms with Gasteiger partial charge in [-0.15, -0.1) is 0 Å². The Morgan fingerprint density at radius 3 is 2.67 bits per heavy atom. The molecule has 0 unspecified atom stereocenters. The molecule has 0 fully saturated rings. The molecule has 0 bridgehead atoms. The Balaban J connectivity index is 1.60. The van der Waals surface area contributed by atoms with Crippen LogP contribution in [0.1, 0.15) is 12.0 Å². The van der Waals surface area contributed by atoms with Gasteiger partial charge in [0, 0.05) is 21.4 Å². The van der Waals surface area contributed by atoms with Gasteiger partial charge in [0.2, 0.25) is 11.2 Å². The van der Waals surface area contributed by atoms with Crippen LogP contribution in [-0.4, -0.2) is 15.9 Å². The third kappa shape index (κ3) is 6.05. The molecule has 0 aliphatic carbocycles. The number of benzene rings is 2. The molecule has 2 N–H and O–H groups in total. The molecule has 2 aromatic carbocycles. The minimum atomic E-state index is -0.0269. The summed E-state index contributed by atoms with van der Waals surface area (Å²) >= 11 is 14.1. The number of aromatic nitrogens is 2. The van der Waals surface area contributed by atoms with Gasteiger partial charge < -0.3 is 10.6 Å². The summed E-state index contributed by atoms with van der Waals surface area (Å²) in [6.07, 6.45) is 2.44. The van der Waals surface area contributed by atoms with Crippen LogP contribution in [0.4, 0.5) is 17.2 Å². The maximum absolute atomic E-state index is 12.2. The monoisotopic (exact) mass is 512 g/mol. The molecule has 138 valence electrons. The summed E-state index contributed by atoms with van der Waals surface area (Å²) in [6.45, 7) is 0. The second kappa shape index (κ2) is 9.34. The number of amides is 1. The number of carbonyl (C=O) groups excluding carboxylic acids is 1. The number of anilines is 3. The molecule has 0 atom stereocenters. The lowest BCUT2D eigenvalue weighted by Gasteiger charge is -2.09. The normalized spacial score (nSPS) is 10.5.